The Morgan fingerprint density at radius 3 is 2.33 bits per heavy atom. The molecule has 0 radical (unpaired) electrons. The van der Waals surface area contributed by atoms with Crippen LogP contribution in [0.2, 0.25) is 0 Å². The summed E-state index contributed by atoms with van der Waals surface area (Å²) in [4.78, 5) is 30.2. The largest absolute Gasteiger partial charge is 0.306 e. The van der Waals surface area contributed by atoms with E-state index >= 15 is 0 Å². The summed E-state index contributed by atoms with van der Waals surface area (Å²) in [6.07, 6.45) is 6.93. The lowest BCUT2D eigenvalue weighted by atomic mass is 10.0. The normalized spacial score (nSPS) is 13.1. The van der Waals surface area contributed by atoms with E-state index < -0.39 is 0 Å². The summed E-state index contributed by atoms with van der Waals surface area (Å²) in [7, 11) is 0. The Bertz CT molecular complexity index is 1460. The molecule has 0 unspecified atom stereocenters. The summed E-state index contributed by atoms with van der Waals surface area (Å²) in [6.45, 7) is 5.76. The van der Waals surface area contributed by atoms with E-state index in [9.17, 15) is 9.59 Å². The highest BCUT2D eigenvalue weighted by atomic mass is 16.1. The summed E-state index contributed by atoms with van der Waals surface area (Å²) in [6, 6.07) is 5.30. The van der Waals surface area contributed by atoms with Crippen molar-refractivity contribution >= 4 is 50.2 Å². The molecule has 4 heterocycles. The fourth-order valence-electron chi connectivity index (χ4n) is 3.94. The Morgan fingerprint density at radius 2 is 1.62 bits per heavy atom. The molecule has 0 fully saturated rings. The lowest BCUT2D eigenvalue weighted by Crippen LogP contribution is -2.16. The van der Waals surface area contributed by atoms with Crippen molar-refractivity contribution < 1.29 is 0 Å². The van der Waals surface area contributed by atoms with E-state index in [0.717, 1.165) is 21.6 Å². The molecular weight excluding hydrogens is 300 g/mol. The van der Waals surface area contributed by atoms with Gasteiger partial charge in [-0.3, -0.25) is 14.6 Å². The standard InChI is InChI=1S/C20H12N2O2/c1-3-10-14-8-21-9-15-18(14)22-16(10)11(4-2)19(23)12-6-5-7-13(17(12)22)20(15)24/h3-9H,2H2,1H3/b10-3-. The summed E-state index contributed by atoms with van der Waals surface area (Å²) >= 11 is 0. The van der Waals surface area contributed by atoms with Gasteiger partial charge in [0.05, 0.1) is 21.9 Å². The molecule has 0 aliphatic carbocycles. The summed E-state index contributed by atoms with van der Waals surface area (Å²) in [5, 5.41) is 3.46. The first-order valence-corrected chi connectivity index (χ1v) is 7.73. The Labute approximate surface area is 135 Å². The maximum Gasteiger partial charge on any atom is 0.198 e. The quantitative estimate of drug-likeness (QED) is 0.353. The third-order valence-corrected chi connectivity index (χ3v) is 4.90. The van der Waals surface area contributed by atoms with Crippen molar-refractivity contribution in [1.29, 1.82) is 0 Å². The molecule has 0 aliphatic rings. The van der Waals surface area contributed by atoms with Gasteiger partial charge in [-0.05, 0) is 19.1 Å². The van der Waals surface area contributed by atoms with Crippen LogP contribution < -0.4 is 16.1 Å². The highest BCUT2D eigenvalue weighted by molar-refractivity contribution is 6.12. The molecule has 5 rings (SSSR count). The van der Waals surface area contributed by atoms with Crippen LogP contribution in [0.15, 0.2) is 46.8 Å². The Balaban J connectivity index is 2.45. The second-order valence-electron chi connectivity index (χ2n) is 5.95. The molecule has 0 saturated carbocycles. The van der Waals surface area contributed by atoms with Gasteiger partial charge >= 0.3 is 0 Å². The third-order valence-electron chi connectivity index (χ3n) is 4.90. The van der Waals surface area contributed by atoms with Crippen LogP contribution in [-0.4, -0.2) is 9.38 Å². The van der Waals surface area contributed by atoms with Crippen LogP contribution in [0.1, 0.15) is 12.5 Å². The lowest BCUT2D eigenvalue weighted by molar-refractivity contribution is 1.30. The van der Waals surface area contributed by atoms with Gasteiger partial charge in [0.1, 0.15) is 0 Å². The number of nitrogens with zero attached hydrogens (tertiary/aromatic N) is 2. The van der Waals surface area contributed by atoms with E-state index in [1.807, 2.05) is 17.4 Å². The minimum Gasteiger partial charge on any atom is -0.306 e. The number of hydrogen-bond acceptors (Lipinski definition) is 3. The SMILES string of the molecule is C=Cc1c(=O)c2cccc3c(=O)c4cncc5/c(=C/C)c1n(c23)c45. The number of rotatable bonds is 1. The number of hydrogen-bond donors (Lipinski definition) is 0. The van der Waals surface area contributed by atoms with Gasteiger partial charge in [0.25, 0.3) is 0 Å². The first-order valence-electron chi connectivity index (χ1n) is 7.73. The first kappa shape index (κ1) is 13.2. The van der Waals surface area contributed by atoms with E-state index in [0.29, 0.717) is 27.2 Å². The Kier molecular flexibility index (Phi) is 2.29. The van der Waals surface area contributed by atoms with Crippen molar-refractivity contribution in [2.75, 3.05) is 0 Å². The summed E-state index contributed by atoms with van der Waals surface area (Å²) in [5.41, 5.74) is 2.69. The maximum atomic E-state index is 13.0. The second-order valence-corrected chi connectivity index (χ2v) is 5.95. The second kappa shape index (κ2) is 4.17. The summed E-state index contributed by atoms with van der Waals surface area (Å²) in [5.74, 6) is 0. The zero-order valence-corrected chi connectivity index (χ0v) is 13.0. The molecule has 4 nitrogen and oxygen atoms in total. The van der Waals surface area contributed by atoms with Crippen molar-refractivity contribution in [3.05, 3.63) is 68.4 Å². The number of aromatic nitrogens is 2. The van der Waals surface area contributed by atoms with Gasteiger partial charge in [-0.15, -0.1) is 0 Å². The minimum atomic E-state index is -0.0931. The van der Waals surface area contributed by atoms with Gasteiger partial charge in [0, 0.05) is 39.3 Å². The Hall–Kier alpha value is -3.27. The monoisotopic (exact) mass is 312 g/mol. The smallest absolute Gasteiger partial charge is 0.198 e. The lowest BCUT2D eigenvalue weighted by Gasteiger charge is -2.11. The van der Waals surface area contributed by atoms with Crippen molar-refractivity contribution in [3.8, 4) is 0 Å². The van der Waals surface area contributed by atoms with Gasteiger partial charge < -0.3 is 4.40 Å². The zero-order valence-electron chi connectivity index (χ0n) is 13.0. The molecule has 0 atom stereocenters. The molecule has 0 saturated heterocycles. The van der Waals surface area contributed by atoms with Crippen molar-refractivity contribution in [2.24, 2.45) is 0 Å². The molecule has 0 spiro atoms. The zero-order chi connectivity index (χ0) is 16.6. The van der Waals surface area contributed by atoms with Crippen LogP contribution in [0, 0.1) is 0 Å². The van der Waals surface area contributed by atoms with E-state index in [1.54, 1.807) is 36.7 Å². The third kappa shape index (κ3) is 1.25. The fraction of sp³-hybridized carbons (Fsp3) is 0.0500. The number of para-hydroxylation sites is 1. The molecular formula is C20H12N2O2. The van der Waals surface area contributed by atoms with Crippen LogP contribution in [0.5, 0.6) is 0 Å². The maximum absolute atomic E-state index is 13.0. The van der Waals surface area contributed by atoms with E-state index in [-0.39, 0.29) is 10.9 Å². The predicted molar refractivity (Wildman–Crippen MR) is 98.1 cm³/mol. The minimum absolute atomic E-state index is 0.0843. The Morgan fingerprint density at radius 1 is 0.958 bits per heavy atom. The molecule has 0 amide bonds. The average molecular weight is 312 g/mol. The topological polar surface area (TPSA) is 51.4 Å². The number of pyridine rings is 3. The van der Waals surface area contributed by atoms with Crippen LogP contribution in [-0.2, 0) is 0 Å². The molecule has 4 heteroatoms. The molecule has 1 aromatic carbocycles. The highest BCUT2D eigenvalue weighted by Gasteiger charge is 2.22. The van der Waals surface area contributed by atoms with Gasteiger partial charge in [0.2, 0.25) is 0 Å². The fourth-order valence-corrected chi connectivity index (χ4v) is 3.94. The highest BCUT2D eigenvalue weighted by Crippen LogP contribution is 2.28. The van der Waals surface area contributed by atoms with Gasteiger partial charge in [-0.25, -0.2) is 0 Å². The molecule has 4 aromatic heterocycles. The first-order chi connectivity index (χ1) is 11.7. The van der Waals surface area contributed by atoms with E-state index in [1.165, 1.54) is 0 Å². The van der Waals surface area contributed by atoms with E-state index in [2.05, 4.69) is 11.6 Å². The van der Waals surface area contributed by atoms with Crippen LogP contribution in [0.3, 0.4) is 0 Å². The van der Waals surface area contributed by atoms with E-state index in [4.69, 9.17) is 0 Å². The van der Waals surface area contributed by atoms with Crippen LogP contribution >= 0.6 is 0 Å². The summed E-state index contributed by atoms with van der Waals surface area (Å²) < 4.78 is 2.03. The molecule has 0 N–H and O–H groups in total. The molecule has 24 heavy (non-hydrogen) atoms. The van der Waals surface area contributed by atoms with Crippen molar-refractivity contribution in [3.63, 3.8) is 0 Å². The van der Waals surface area contributed by atoms with Gasteiger partial charge in [-0.1, -0.05) is 24.8 Å². The predicted octanol–water partition coefficient (Wildman–Crippen LogP) is 2.55. The molecule has 0 bridgehead atoms. The molecule has 114 valence electrons. The number of benzene rings is 1. The van der Waals surface area contributed by atoms with Crippen LogP contribution in [0.4, 0.5) is 0 Å². The van der Waals surface area contributed by atoms with Gasteiger partial charge in [-0.2, -0.15) is 0 Å². The molecule has 5 aromatic rings. The average Bonchev–Trinajstić information content (AvgIpc) is 2.94. The van der Waals surface area contributed by atoms with Crippen molar-refractivity contribution in [1.82, 2.24) is 9.38 Å². The molecule has 0 aliphatic heterocycles. The van der Waals surface area contributed by atoms with Gasteiger partial charge in [0.15, 0.2) is 10.9 Å². The van der Waals surface area contributed by atoms with Crippen molar-refractivity contribution in [2.45, 2.75) is 6.92 Å². The van der Waals surface area contributed by atoms with Crippen LogP contribution in [0.25, 0.3) is 50.2 Å².